The van der Waals surface area contributed by atoms with Gasteiger partial charge in [0.2, 0.25) is 0 Å². The minimum atomic E-state index is -0.0608. The molecule has 0 fully saturated rings. The molecule has 22 heavy (non-hydrogen) atoms. The molecule has 1 unspecified atom stereocenters. The lowest BCUT2D eigenvalue weighted by molar-refractivity contribution is -0.904. The molecule has 1 aromatic carbocycles. The number of anilines is 1. The number of amides is 1. The van der Waals surface area contributed by atoms with E-state index < -0.39 is 0 Å². The molecule has 1 aromatic rings. The summed E-state index contributed by atoms with van der Waals surface area (Å²) < 4.78 is 0.678. The van der Waals surface area contributed by atoms with Gasteiger partial charge in [-0.25, -0.2) is 4.85 Å². The highest BCUT2D eigenvalue weighted by Gasteiger charge is 2.33. The van der Waals surface area contributed by atoms with Crippen molar-refractivity contribution in [3.63, 3.8) is 0 Å². The lowest BCUT2D eigenvalue weighted by atomic mass is 10.0. The number of rotatable bonds is 6. The summed E-state index contributed by atoms with van der Waals surface area (Å²) in [4.78, 5) is 16.2. The first kappa shape index (κ1) is 18.2. The molecule has 0 saturated heterocycles. The molecule has 0 aliphatic rings. The molecule has 1 N–H and O–H groups in total. The number of carbonyl (C=O) groups excluding carboxylic acids is 1. The molecule has 1 amide bonds. The second-order valence-corrected chi connectivity index (χ2v) is 6.45. The molecule has 4 heteroatoms. The number of nitrogens with zero attached hydrogens (tertiary/aromatic N) is 2. The Morgan fingerprint density at radius 3 is 2.23 bits per heavy atom. The Kier molecular flexibility index (Phi) is 6.13. The predicted molar refractivity (Wildman–Crippen MR) is 92.2 cm³/mol. The maximum absolute atomic E-state index is 12.8. The third-order valence-corrected chi connectivity index (χ3v) is 4.42. The van der Waals surface area contributed by atoms with Crippen molar-refractivity contribution in [2.75, 3.05) is 26.0 Å². The van der Waals surface area contributed by atoms with Crippen LogP contribution in [0.15, 0.2) is 12.1 Å². The van der Waals surface area contributed by atoms with E-state index in [1.165, 1.54) is 0 Å². The lowest BCUT2D eigenvalue weighted by Crippen LogP contribution is -2.54. The Labute approximate surface area is 134 Å². The highest BCUT2D eigenvalue weighted by Crippen LogP contribution is 2.27. The van der Waals surface area contributed by atoms with E-state index in [1.54, 1.807) is 0 Å². The molecule has 1 atom stereocenters. The van der Waals surface area contributed by atoms with Crippen LogP contribution in [0, 0.1) is 20.4 Å². The molecule has 0 spiro atoms. The predicted octanol–water partition coefficient (Wildman–Crippen LogP) is 4.06. The monoisotopic (exact) mass is 302 g/mol. The summed E-state index contributed by atoms with van der Waals surface area (Å²) in [6.45, 7) is 16.1. The highest BCUT2D eigenvalue weighted by atomic mass is 16.2. The molecule has 0 aliphatic heterocycles. The zero-order valence-electron chi connectivity index (χ0n) is 14.7. The van der Waals surface area contributed by atoms with Crippen molar-refractivity contribution in [1.82, 2.24) is 0 Å². The molecule has 0 heterocycles. The van der Waals surface area contributed by atoms with Crippen molar-refractivity contribution < 1.29 is 9.28 Å². The molecule has 0 bridgehead atoms. The molecule has 0 aromatic heterocycles. The van der Waals surface area contributed by atoms with Crippen LogP contribution in [0.25, 0.3) is 4.85 Å². The van der Waals surface area contributed by atoms with Gasteiger partial charge in [0.25, 0.3) is 5.91 Å². The Bertz CT molecular complexity index is 561. The fraction of sp³-hybridized carbons (Fsp3) is 0.556. The number of nitrogens with one attached hydrogen (secondary N) is 1. The van der Waals surface area contributed by atoms with Crippen LogP contribution in [-0.2, 0) is 4.79 Å². The summed E-state index contributed by atoms with van der Waals surface area (Å²) in [5.41, 5.74) is 3.34. The largest absolute Gasteiger partial charge is 0.321 e. The average molecular weight is 302 g/mol. The van der Waals surface area contributed by atoms with Crippen LogP contribution in [0.2, 0.25) is 0 Å². The molecular weight excluding hydrogens is 274 g/mol. The van der Waals surface area contributed by atoms with Crippen LogP contribution >= 0.6 is 0 Å². The van der Waals surface area contributed by atoms with Crippen molar-refractivity contribution >= 4 is 17.3 Å². The van der Waals surface area contributed by atoms with Gasteiger partial charge in [0.15, 0.2) is 11.7 Å². The zero-order chi connectivity index (χ0) is 16.9. The van der Waals surface area contributed by atoms with Gasteiger partial charge in [0.1, 0.15) is 0 Å². The molecular formula is C18H28N3O+. The first-order chi connectivity index (χ1) is 10.3. The third kappa shape index (κ3) is 4.08. The van der Waals surface area contributed by atoms with E-state index in [0.717, 1.165) is 36.2 Å². The number of hydrogen-bond donors (Lipinski definition) is 1. The van der Waals surface area contributed by atoms with Gasteiger partial charge in [-0.1, -0.05) is 19.1 Å². The topological polar surface area (TPSA) is 33.5 Å². The van der Waals surface area contributed by atoms with E-state index in [2.05, 4.69) is 38.1 Å². The Balaban J connectivity index is 3.08. The Morgan fingerprint density at radius 1 is 1.27 bits per heavy atom. The fourth-order valence-corrected chi connectivity index (χ4v) is 2.70. The molecule has 0 aliphatic carbocycles. The van der Waals surface area contributed by atoms with E-state index in [9.17, 15) is 4.79 Å². The van der Waals surface area contributed by atoms with Gasteiger partial charge in [0.05, 0.1) is 27.2 Å². The van der Waals surface area contributed by atoms with E-state index in [4.69, 9.17) is 6.57 Å². The van der Waals surface area contributed by atoms with Gasteiger partial charge in [0, 0.05) is 12.1 Å². The summed E-state index contributed by atoms with van der Waals surface area (Å²) in [6.07, 6.45) is 1.85. The van der Waals surface area contributed by atoms with Crippen LogP contribution in [0.5, 0.6) is 0 Å². The van der Waals surface area contributed by atoms with E-state index >= 15 is 0 Å². The summed E-state index contributed by atoms with van der Waals surface area (Å²) in [5, 5.41) is 3.10. The van der Waals surface area contributed by atoms with E-state index in [0.29, 0.717) is 10.2 Å². The normalized spacial score (nSPS) is 12.6. The summed E-state index contributed by atoms with van der Waals surface area (Å²) >= 11 is 0. The second kappa shape index (κ2) is 7.42. The van der Waals surface area contributed by atoms with Crippen LogP contribution in [-0.4, -0.2) is 37.1 Å². The number of carbonyl (C=O) groups is 1. The SMILES string of the molecule is [C-]#[N+]c1cc(C)c(NC(=O)C(CCC)[N+](C)(C)CC)c(C)c1. The molecule has 0 radical (unpaired) electrons. The summed E-state index contributed by atoms with van der Waals surface area (Å²) in [6, 6.07) is 3.59. The zero-order valence-corrected chi connectivity index (χ0v) is 14.7. The molecule has 0 saturated carbocycles. The average Bonchev–Trinajstić information content (AvgIpc) is 2.47. The maximum Gasteiger partial charge on any atom is 0.282 e. The molecule has 120 valence electrons. The standard InChI is InChI=1S/C18H27N3O/c1-8-10-16(21(6,7)9-2)18(22)20-17-13(3)11-15(19-5)12-14(17)4/h11-12,16H,8-10H2,1-4,6-7H3/p+1. The first-order valence-electron chi connectivity index (χ1n) is 7.89. The third-order valence-electron chi connectivity index (χ3n) is 4.42. The van der Waals surface area contributed by atoms with E-state index in [-0.39, 0.29) is 11.9 Å². The minimum Gasteiger partial charge on any atom is -0.321 e. The number of likely N-dealkylation sites (N-methyl/N-ethyl adjacent to an activating group) is 1. The van der Waals surface area contributed by atoms with Gasteiger partial charge in [-0.3, -0.25) is 4.79 Å². The van der Waals surface area contributed by atoms with Gasteiger partial charge in [-0.15, -0.1) is 0 Å². The Hall–Kier alpha value is -1.86. The van der Waals surface area contributed by atoms with Gasteiger partial charge in [-0.05, 0) is 38.3 Å². The van der Waals surface area contributed by atoms with Crippen LogP contribution in [0.1, 0.15) is 37.8 Å². The smallest absolute Gasteiger partial charge is 0.282 e. The summed E-state index contributed by atoms with van der Waals surface area (Å²) in [5.74, 6) is 0.0652. The molecule has 1 rings (SSSR count). The van der Waals surface area contributed by atoms with Crippen molar-refractivity contribution in [1.29, 1.82) is 0 Å². The van der Waals surface area contributed by atoms with Gasteiger partial charge < -0.3 is 9.80 Å². The number of benzene rings is 1. The van der Waals surface area contributed by atoms with Crippen LogP contribution < -0.4 is 5.32 Å². The first-order valence-corrected chi connectivity index (χ1v) is 7.89. The second-order valence-electron chi connectivity index (χ2n) is 6.45. The fourth-order valence-electron chi connectivity index (χ4n) is 2.70. The summed E-state index contributed by atoms with van der Waals surface area (Å²) in [7, 11) is 4.20. The van der Waals surface area contributed by atoms with E-state index in [1.807, 2.05) is 26.0 Å². The van der Waals surface area contributed by atoms with Crippen LogP contribution in [0.3, 0.4) is 0 Å². The quantitative estimate of drug-likeness (QED) is 0.624. The maximum atomic E-state index is 12.8. The highest BCUT2D eigenvalue weighted by molar-refractivity contribution is 5.95. The van der Waals surface area contributed by atoms with Gasteiger partial charge in [-0.2, -0.15) is 0 Å². The van der Waals surface area contributed by atoms with Crippen molar-refractivity contribution in [3.8, 4) is 0 Å². The van der Waals surface area contributed by atoms with Crippen molar-refractivity contribution in [2.24, 2.45) is 0 Å². The number of hydrogen-bond acceptors (Lipinski definition) is 1. The van der Waals surface area contributed by atoms with Crippen molar-refractivity contribution in [3.05, 3.63) is 34.7 Å². The minimum absolute atomic E-state index is 0.0608. The molecule has 4 nitrogen and oxygen atoms in total. The Morgan fingerprint density at radius 2 is 1.82 bits per heavy atom. The van der Waals surface area contributed by atoms with Gasteiger partial charge >= 0.3 is 0 Å². The van der Waals surface area contributed by atoms with Crippen molar-refractivity contribution in [2.45, 2.75) is 46.6 Å². The number of quaternary nitrogens is 1. The lowest BCUT2D eigenvalue weighted by Gasteiger charge is -2.36. The number of aryl methyl sites for hydroxylation is 2. The van der Waals surface area contributed by atoms with Crippen LogP contribution in [0.4, 0.5) is 11.4 Å².